The number of hydrogen-bond donors (Lipinski definition) is 0. The van der Waals surface area contributed by atoms with Crippen molar-refractivity contribution >= 4 is 19.9 Å². The summed E-state index contributed by atoms with van der Waals surface area (Å²) in [5.41, 5.74) is 0. The van der Waals surface area contributed by atoms with Crippen LogP contribution in [0.25, 0.3) is 0 Å². The Labute approximate surface area is 126 Å². The first-order valence-corrected chi connectivity index (χ1v) is 10.2. The topological polar surface area (TPSA) is 71.5 Å². The minimum absolute atomic E-state index is 0.150. The average Bonchev–Trinajstić information content (AvgIpc) is 2.87. The maximum Gasteiger partial charge on any atom is 0.216 e. The molecule has 0 aromatic heterocycles. The quantitative estimate of drug-likeness (QED) is 0.823. The zero-order valence-electron chi connectivity index (χ0n) is 12.3. The molecule has 1 fully saturated rings. The van der Waals surface area contributed by atoms with Crippen molar-refractivity contribution in [2.75, 3.05) is 12.3 Å². The van der Waals surface area contributed by atoms with Crippen molar-refractivity contribution < 1.29 is 16.8 Å². The molecule has 0 spiro atoms. The molecule has 1 aliphatic heterocycles. The average molecular weight is 331 g/mol. The van der Waals surface area contributed by atoms with Crippen molar-refractivity contribution in [3.05, 3.63) is 30.3 Å². The van der Waals surface area contributed by atoms with Gasteiger partial charge >= 0.3 is 0 Å². The second-order valence-electron chi connectivity index (χ2n) is 5.59. The van der Waals surface area contributed by atoms with Gasteiger partial charge in [-0.3, -0.25) is 0 Å². The molecule has 1 aliphatic rings. The van der Waals surface area contributed by atoms with Crippen LogP contribution in [0.2, 0.25) is 0 Å². The van der Waals surface area contributed by atoms with E-state index in [1.165, 1.54) is 4.31 Å². The van der Waals surface area contributed by atoms with Crippen molar-refractivity contribution in [3.63, 3.8) is 0 Å². The molecule has 0 saturated carbocycles. The lowest BCUT2D eigenvalue weighted by Gasteiger charge is -2.25. The fraction of sp³-hybridized carbons (Fsp3) is 0.571. The molecule has 0 bridgehead atoms. The molecular formula is C14H21NO4S2. The Hall–Kier alpha value is -0.920. The molecule has 0 radical (unpaired) electrons. The van der Waals surface area contributed by atoms with Crippen LogP contribution < -0.4 is 0 Å². The fourth-order valence-electron chi connectivity index (χ4n) is 2.56. The molecule has 7 heteroatoms. The second-order valence-corrected chi connectivity index (χ2v) is 10.1. The van der Waals surface area contributed by atoms with Crippen LogP contribution >= 0.6 is 0 Å². The van der Waals surface area contributed by atoms with Gasteiger partial charge in [0, 0.05) is 12.6 Å². The van der Waals surface area contributed by atoms with Gasteiger partial charge in [-0.05, 0) is 38.8 Å². The summed E-state index contributed by atoms with van der Waals surface area (Å²) >= 11 is 0. The van der Waals surface area contributed by atoms with Crippen molar-refractivity contribution in [3.8, 4) is 0 Å². The monoisotopic (exact) mass is 331 g/mol. The summed E-state index contributed by atoms with van der Waals surface area (Å²) in [6.07, 6.45) is 1.30. The molecule has 1 aromatic rings. The molecule has 1 heterocycles. The van der Waals surface area contributed by atoms with E-state index in [1.54, 1.807) is 44.2 Å². The van der Waals surface area contributed by atoms with E-state index in [0.29, 0.717) is 19.4 Å². The van der Waals surface area contributed by atoms with Crippen LogP contribution in [0.4, 0.5) is 0 Å². The van der Waals surface area contributed by atoms with Gasteiger partial charge in [-0.1, -0.05) is 18.2 Å². The summed E-state index contributed by atoms with van der Waals surface area (Å²) in [5.74, 6) is -0.150. The Morgan fingerprint density at radius 2 is 1.76 bits per heavy atom. The summed E-state index contributed by atoms with van der Waals surface area (Å²) in [6.45, 7) is 3.66. The van der Waals surface area contributed by atoms with Crippen LogP contribution in [0.1, 0.15) is 26.7 Å². The molecule has 0 N–H and O–H groups in total. The Morgan fingerprint density at radius 1 is 1.14 bits per heavy atom. The standard InChI is InChI=1S/C14H21NO4S2/c1-12(2)21(18,19)15-10-6-7-13(15)11-20(16,17)14-8-4-3-5-9-14/h3-5,8-9,12-13H,6-7,10-11H2,1-2H3. The summed E-state index contributed by atoms with van der Waals surface area (Å²) in [6, 6.07) is 7.73. The molecule has 2 rings (SSSR count). The minimum Gasteiger partial charge on any atom is -0.224 e. The largest absolute Gasteiger partial charge is 0.224 e. The van der Waals surface area contributed by atoms with E-state index in [9.17, 15) is 16.8 Å². The Kier molecular flexibility index (Phi) is 4.75. The van der Waals surface area contributed by atoms with E-state index in [-0.39, 0.29) is 10.6 Å². The Morgan fingerprint density at radius 3 is 2.33 bits per heavy atom. The van der Waals surface area contributed by atoms with Gasteiger partial charge in [0.25, 0.3) is 0 Å². The molecular weight excluding hydrogens is 310 g/mol. The number of hydrogen-bond acceptors (Lipinski definition) is 4. The molecule has 5 nitrogen and oxygen atoms in total. The summed E-state index contributed by atoms with van der Waals surface area (Å²) in [4.78, 5) is 0.249. The molecule has 118 valence electrons. The maximum atomic E-state index is 12.4. The van der Waals surface area contributed by atoms with Gasteiger partial charge in [0.1, 0.15) is 0 Å². The SMILES string of the molecule is CC(C)S(=O)(=O)N1CCCC1CS(=O)(=O)c1ccccc1. The van der Waals surface area contributed by atoms with Crippen LogP contribution in [0.15, 0.2) is 35.2 Å². The molecule has 1 atom stereocenters. The highest BCUT2D eigenvalue weighted by Crippen LogP contribution is 2.26. The Balaban J connectivity index is 2.23. The lowest BCUT2D eigenvalue weighted by Crippen LogP contribution is -2.42. The third-order valence-corrected chi connectivity index (χ3v) is 7.90. The van der Waals surface area contributed by atoms with E-state index in [2.05, 4.69) is 0 Å². The zero-order valence-corrected chi connectivity index (χ0v) is 13.9. The van der Waals surface area contributed by atoms with E-state index < -0.39 is 31.2 Å². The predicted molar refractivity (Wildman–Crippen MR) is 82.3 cm³/mol. The predicted octanol–water partition coefficient (Wildman–Crippen LogP) is 1.66. The van der Waals surface area contributed by atoms with Crippen LogP contribution in [0.3, 0.4) is 0 Å². The molecule has 0 aliphatic carbocycles. The maximum absolute atomic E-state index is 12.4. The number of nitrogens with zero attached hydrogens (tertiary/aromatic N) is 1. The van der Waals surface area contributed by atoms with Gasteiger partial charge in [-0.25, -0.2) is 16.8 Å². The lowest BCUT2D eigenvalue weighted by molar-refractivity contribution is 0.403. The van der Waals surface area contributed by atoms with Gasteiger partial charge in [-0.15, -0.1) is 0 Å². The first-order chi connectivity index (χ1) is 9.75. The number of sulfonamides is 1. The van der Waals surface area contributed by atoms with Crippen molar-refractivity contribution in [1.82, 2.24) is 4.31 Å². The highest BCUT2D eigenvalue weighted by atomic mass is 32.2. The molecule has 1 unspecified atom stereocenters. The van der Waals surface area contributed by atoms with Gasteiger partial charge in [-0.2, -0.15) is 4.31 Å². The first-order valence-electron chi connectivity index (χ1n) is 7.03. The zero-order chi connectivity index (χ0) is 15.7. The third-order valence-electron chi connectivity index (χ3n) is 3.76. The summed E-state index contributed by atoms with van der Waals surface area (Å²) in [7, 11) is -6.88. The lowest BCUT2D eigenvalue weighted by atomic mass is 10.3. The smallest absolute Gasteiger partial charge is 0.216 e. The van der Waals surface area contributed by atoms with Crippen LogP contribution in [-0.4, -0.2) is 44.7 Å². The molecule has 21 heavy (non-hydrogen) atoms. The second kappa shape index (κ2) is 6.06. The van der Waals surface area contributed by atoms with Crippen molar-refractivity contribution in [2.24, 2.45) is 0 Å². The van der Waals surface area contributed by atoms with Gasteiger partial charge in [0.15, 0.2) is 9.84 Å². The van der Waals surface area contributed by atoms with Gasteiger partial charge in [0.2, 0.25) is 10.0 Å². The van der Waals surface area contributed by atoms with Crippen molar-refractivity contribution in [2.45, 2.75) is 42.9 Å². The van der Waals surface area contributed by atoms with Gasteiger partial charge in [0.05, 0.1) is 15.9 Å². The summed E-state index contributed by atoms with van der Waals surface area (Å²) in [5, 5.41) is -0.530. The van der Waals surface area contributed by atoms with Crippen LogP contribution in [-0.2, 0) is 19.9 Å². The molecule has 1 aromatic carbocycles. The van der Waals surface area contributed by atoms with E-state index in [1.807, 2.05) is 0 Å². The highest BCUT2D eigenvalue weighted by Gasteiger charge is 2.38. The minimum atomic E-state index is -3.47. The normalized spacial score (nSPS) is 21.0. The number of rotatable bonds is 5. The van der Waals surface area contributed by atoms with E-state index >= 15 is 0 Å². The Bertz CT molecular complexity index is 681. The van der Waals surface area contributed by atoms with Crippen molar-refractivity contribution in [1.29, 1.82) is 0 Å². The van der Waals surface area contributed by atoms with E-state index in [0.717, 1.165) is 0 Å². The highest BCUT2D eigenvalue weighted by molar-refractivity contribution is 7.91. The van der Waals surface area contributed by atoms with Crippen LogP contribution in [0, 0.1) is 0 Å². The third kappa shape index (κ3) is 3.46. The van der Waals surface area contributed by atoms with Crippen LogP contribution in [0.5, 0.6) is 0 Å². The summed E-state index contributed by atoms with van der Waals surface area (Å²) < 4.78 is 50.8. The number of benzene rings is 1. The first kappa shape index (κ1) is 16.5. The number of sulfone groups is 1. The fourth-order valence-corrected chi connectivity index (χ4v) is 5.79. The van der Waals surface area contributed by atoms with E-state index in [4.69, 9.17) is 0 Å². The van der Waals surface area contributed by atoms with Gasteiger partial charge < -0.3 is 0 Å². The molecule has 1 saturated heterocycles. The molecule has 0 amide bonds.